The number of nitrogens with one attached hydrogen (secondary N) is 1. The minimum atomic E-state index is -0.939. The molecule has 2 N–H and O–H groups in total. The number of aromatic amines is 1. The molecule has 112 valence electrons. The van der Waals surface area contributed by atoms with Crippen molar-refractivity contribution in [2.75, 3.05) is 0 Å². The summed E-state index contributed by atoms with van der Waals surface area (Å²) in [5.41, 5.74) is 3.48. The van der Waals surface area contributed by atoms with E-state index < -0.39 is 5.97 Å². The van der Waals surface area contributed by atoms with E-state index in [0.29, 0.717) is 21.8 Å². The highest BCUT2D eigenvalue weighted by Crippen LogP contribution is 2.34. The first-order valence-electron chi connectivity index (χ1n) is 6.74. The number of hydrogen-bond acceptors (Lipinski definition) is 1. The largest absolute Gasteiger partial charge is 0.481 e. The molecule has 0 unspecified atom stereocenters. The molecular formula is C17H13ClFNO2. The van der Waals surface area contributed by atoms with Gasteiger partial charge in [-0.1, -0.05) is 29.8 Å². The number of benzene rings is 2. The van der Waals surface area contributed by atoms with E-state index in [0.717, 1.165) is 16.5 Å². The van der Waals surface area contributed by atoms with Crippen molar-refractivity contribution in [3.8, 4) is 11.3 Å². The van der Waals surface area contributed by atoms with Crippen LogP contribution < -0.4 is 0 Å². The van der Waals surface area contributed by atoms with Gasteiger partial charge < -0.3 is 10.1 Å². The van der Waals surface area contributed by atoms with E-state index in [2.05, 4.69) is 4.98 Å². The summed E-state index contributed by atoms with van der Waals surface area (Å²) in [5, 5.41) is 10.6. The van der Waals surface area contributed by atoms with Gasteiger partial charge in [-0.05, 0) is 36.2 Å². The van der Waals surface area contributed by atoms with Gasteiger partial charge >= 0.3 is 5.97 Å². The quantitative estimate of drug-likeness (QED) is 0.744. The van der Waals surface area contributed by atoms with Crippen LogP contribution in [0.5, 0.6) is 0 Å². The Morgan fingerprint density at radius 2 is 2.09 bits per heavy atom. The molecule has 2 aromatic carbocycles. The number of carboxylic acids is 1. The summed E-state index contributed by atoms with van der Waals surface area (Å²) in [5.74, 6) is -1.31. The molecule has 0 aliphatic rings. The summed E-state index contributed by atoms with van der Waals surface area (Å²) in [6, 6.07) is 9.62. The Balaban J connectivity index is 2.33. The van der Waals surface area contributed by atoms with Crippen molar-refractivity contribution in [2.24, 2.45) is 0 Å². The fraction of sp³-hybridized carbons (Fsp3) is 0.118. The zero-order valence-electron chi connectivity index (χ0n) is 11.8. The summed E-state index contributed by atoms with van der Waals surface area (Å²) >= 11 is 6.13. The molecule has 3 rings (SSSR count). The first kappa shape index (κ1) is 14.6. The Morgan fingerprint density at radius 1 is 1.32 bits per heavy atom. The van der Waals surface area contributed by atoms with Crippen LogP contribution in [-0.4, -0.2) is 16.1 Å². The molecule has 0 radical (unpaired) electrons. The zero-order valence-corrected chi connectivity index (χ0v) is 12.5. The molecule has 0 aliphatic carbocycles. The van der Waals surface area contributed by atoms with E-state index >= 15 is 0 Å². The molecule has 0 fully saturated rings. The summed E-state index contributed by atoms with van der Waals surface area (Å²) < 4.78 is 13.5. The number of fused-ring (bicyclic) bond motifs is 1. The third-order valence-corrected chi connectivity index (χ3v) is 4.13. The summed E-state index contributed by atoms with van der Waals surface area (Å²) in [7, 11) is 0. The number of hydrogen-bond donors (Lipinski definition) is 2. The number of rotatable bonds is 3. The van der Waals surface area contributed by atoms with E-state index in [9.17, 15) is 14.3 Å². The number of aryl methyl sites for hydroxylation is 1. The molecule has 0 aliphatic heterocycles. The smallest absolute Gasteiger partial charge is 0.307 e. The van der Waals surface area contributed by atoms with Gasteiger partial charge in [0.25, 0.3) is 0 Å². The van der Waals surface area contributed by atoms with Crippen molar-refractivity contribution < 1.29 is 14.3 Å². The predicted molar refractivity (Wildman–Crippen MR) is 84.8 cm³/mol. The van der Waals surface area contributed by atoms with Gasteiger partial charge in [0, 0.05) is 16.0 Å². The molecule has 0 bridgehead atoms. The van der Waals surface area contributed by atoms with Gasteiger partial charge in [0.05, 0.1) is 17.6 Å². The molecule has 1 aromatic heterocycles. The second-order valence-corrected chi connectivity index (χ2v) is 5.56. The monoisotopic (exact) mass is 317 g/mol. The van der Waals surface area contributed by atoms with Gasteiger partial charge in [0.2, 0.25) is 0 Å². The van der Waals surface area contributed by atoms with E-state index in [1.54, 1.807) is 24.3 Å². The maximum absolute atomic E-state index is 13.5. The average Bonchev–Trinajstić information content (AvgIpc) is 2.82. The standard InChI is InChI=1S/C17H13ClFNO2/c1-9-14(18)6-5-12-13(8-15(21)22)17(20-16(9)12)10-3-2-4-11(19)7-10/h2-7,20H,8H2,1H3,(H,21,22). The van der Waals surface area contributed by atoms with Crippen LogP contribution in [0.2, 0.25) is 5.02 Å². The Hall–Kier alpha value is -2.33. The molecule has 22 heavy (non-hydrogen) atoms. The lowest BCUT2D eigenvalue weighted by atomic mass is 10.0. The van der Waals surface area contributed by atoms with Crippen LogP contribution in [0.4, 0.5) is 4.39 Å². The number of aliphatic carboxylic acids is 1. The van der Waals surface area contributed by atoms with Crippen LogP contribution >= 0.6 is 11.6 Å². The molecule has 3 aromatic rings. The lowest BCUT2D eigenvalue weighted by Crippen LogP contribution is -2.01. The molecular weight excluding hydrogens is 305 g/mol. The van der Waals surface area contributed by atoms with Crippen molar-refractivity contribution in [3.05, 3.63) is 58.4 Å². The minimum Gasteiger partial charge on any atom is -0.481 e. The third-order valence-electron chi connectivity index (χ3n) is 3.72. The third kappa shape index (κ3) is 2.46. The number of carboxylic acid groups (broad SMARTS) is 1. The van der Waals surface area contributed by atoms with Gasteiger partial charge in [0.15, 0.2) is 0 Å². The van der Waals surface area contributed by atoms with Crippen molar-refractivity contribution in [2.45, 2.75) is 13.3 Å². The summed E-state index contributed by atoms with van der Waals surface area (Å²) in [4.78, 5) is 14.4. The molecule has 3 nitrogen and oxygen atoms in total. The number of aromatic nitrogens is 1. The van der Waals surface area contributed by atoms with Crippen LogP contribution in [0.25, 0.3) is 22.2 Å². The zero-order chi connectivity index (χ0) is 15.9. The Labute approximate surface area is 131 Å². The van der Waals surface area contributed by atoms with E-state index in [4.69, 9.17) is 11.6 Å². The van der Waals surface area contributed by atoms with Crippen LogP contribution in [0.3, 0.4) is 0 Å². The average molecular weight is 318 g/mol. The van der Waals surface area contributed by atoms with Gasteiger partial charge in [0.1, 0.15) is 5.82 Å². The SMILES string of the molecule is Cc1c(Cl)ccc2c(CC(=O)O)c(-c3cccc(F)c3)[nH]c12. The van der Waals surface area contributed by atoms with E-state index in [1.807, 2.05) is 6.92 Å². The highest BCUT2D eigenvalue weighted by molar-refractivity contribution is 6.32. The van der Waals surface area contributed by atoms with Crippen molar-refractivity contribution in [3.63, 3.8) is 0 Å². The van der Waals surface area contributed by atoms with Crippen LogP contribution in [0, 0.1) is 12.7 Å². The summed E-state index contributed by atoms with van der Waals surface area (Å²) in [6.07, 6.45) is -0.146. The topological polar surface area (TPSA) is 53.1 Å². The van der Waals surface area contributed by atoms with E-state index in [-0.39, 0.29) is 12.2 Å². The molecule has 0 amide bonds. The Morgan fingerprint density at radius 3 is 2.77 bits per heavy atom. The van der Waals surface area contributed by atoms with Gasteiger partial charge in [-0.15, -0.1) is 0 Å². The normalized spacial score (nSPS) is 11.0. The van der Waals surface area contributed by atoms with Crippen molar-refractivity contribution in [1.82, 2.24) is 4.98 Å². The second kappa shape index (κ2) is 5.46. The van der Waals surface area contributed by atoms with E-state index in [1.165, 1.54) is 12.1 Å². The highest BCUT2D eigenvalue weighted by atomic mass is 35.5. The first-order chi connectivity index (χ1) is 10.5. The maximum atomic E-state index is 13.5. The predicted octanol–water partition coefficient (Wildman–Crippen LogP) is 4.56. The highest BCUT2D eigenvalue weighted by Gasteiger charge is 2.18. The molecule has 5 heteroatoms. The lowest BCUT2D eigenvalue weighted by Gasteiger charge is -2.03. The van der Waals surface area contributed by atoms with Gasteiger partial charge in [-0.3, -0.25) is 4.79 Å². The minimum absolute atomic E-state index is 0.146. The Kier molecular flexibility index (Phi) is 3.62. The first-order valence-corrected chi connectivity index (χ1v) is 7.12. The maximum Gasteiger partial charge on any atom is 0.307 e. The molecule has 1 heterocycles. The number of halogens is 2. The van der Waals surface area contributed by atoms with Crippen LogP contribution in [0.15, 0.2) is 36.4 Å². The fourth-order valence-corrected chi connectivity index (χ4v) is 2.82. The Bertz CT molecular complexity index is 886. The fourth-order valence-electron chi connectivity index (χ4n) is 2.66. The summed E-state index contributed by atoms with van der Waals surface area (Å²) in [6.45, 7) is 1.86. The van der Waals surface area contributed by atoms with Gasteiger partial charge in [-0.25, -0.2) is 4.39 Å². The molecule has 0 saturated heterocycles. The molecule has 0 saturated carbocycles. The van der Waals surface area contributed by atoms with Crippen molar-refractivity contribution in [1.29, 1.82) is 0 Å². The van der Waals surface area contributed by atoms with Crippen LogP contribution in [0.1, 0.15) is 11.1 Å². The lowest BCUT2D eigenvalue weighted by molar-refractivity contribution is -0.136. The second-order valence-electron chi connectivity index (χ2n) is 5.15. The number of carbonyl (C=O) groups is 1. The molecule has 0 atom stereocenters. The van der Waals surface area contributed by atoms with Crippen molar-refractivity contribution >= 4 is 28.5 Å². The molecule has 0 spiro atoms. The van der Waals surface area contributed by atoms with Gasteiger partial charge in [-0.2, -0.15) is 0 Å². The number of H-pyrrole nitrogens is 1. The van der Waals surface area contributed by atoms with Crippen LogP contribution in [-0.2, 0) is 11.2 Å².